The van der Waals surface area contributed by atoms with Gasteiger partial charge in [0.1, 0.15) is 0 Å². The van der Waals surface area contributed by atoms with Crippen molar-refractivity contribution < 1.29 is 0 Å². The van der Waals surface area contributed by atoms with Gasteiger partial charge in [-0.15, -0.1) is 0 Å². The molecule has 2 nitrogen and oxygen atoms in total. The standard InChI is InChI=1S/C11H26N2/c1-9(2,10(3,4)12)11(5,6)13(7)8/h12H2,1-8H3. The first-order valence-electron chi connectivity index (χ1n) is 4.91. The van der Waals surface area contributed by atoms with Crippen LogP contribution in [-0.2, 0) is 0 Å². The minimum Gasteiger partial charge on any atom is -0.325 e. The highest BCUT2D eigenvalue weighted by Gasteiger charge is 2.47. The summed E-state index contributed by atoms with van der Waals surface area (Å²) in [6, 6.07) is 0. The Labute approximate surface area is 83.5 Å². The molecule has 2 N–H and O–H groups in total. The zero-order valence-corrected chi connectivity index (χ0v) is 10.5. The van der Waals surface area contributed by atoms with Crippen molar-refractivity contribution in [3.63, 3.8) is 0 Å². The maximum Gasteiger partial charge on any atom is 0.0215 e. The first-order chi connectivity index (χ1) is 5.44. The predicted octanol–water partition coefficient (Wildman–Crippen LogP) is 2.09. The SMILES string of the molecule is CN(C)C(C)(C)C(C)(C)C(C)(C)N. The van der Waals surface area contributed by atoms with Crippen molar-refractivity contribution in [1.82, 2.24) is 4.90 Å². The molecule has 0 heterocycles. The van der Waals surface area contributed by atoms with E-state index in [4.69, 9.17) is 5.73 Å². The zero-order chi connectivity index (χ0) is 11.1. The largest absolute Gasteiger partial charge is 0.325 e. The molecule has 0 aliphatic rings. The maximum absolute atomic E-state index is 6.21. The van der Waals surface area contributed by atoms with Crippen LogP contribution in [0, 0.1) is 5.41 Å². The molecule has 80 valence electrons. The van der Waals surface area contributed by atoms with Crippen LogP contribution in [0.5, 0.6) is 0 Å². The molecule has 0 saturated carbocycles. The van der Waals surface area contributed by atoms with E-state index in [-0.39, 0.29) is 16.5 Å². The van der Waals surface area contributed by atoms with Gasteiger partial charge in [0.2, 0.25) is 0 Å². The Balaban J connectivity index is 5.04. The van der Waals surface area contributed by atoms with Gasteiger partial charge in [-0.05, 0) is 47.2 Å². The highest BCUT2D eigenvalue weighted by molar-refractivity contribution is 5.04. The van der Waals surface area contributed by atoms with E-state index in [2.05, 4.69) is 60.5 Å². The lowest BCUT2D eigenvalue weighted by Crippen LogP contribution is -2.62. The number of nitrogens with zero attached hydrogens (tertiary/aromatic N) is 1. The van der Waals surface area contributed by atoms with Crippen molar-refractivity contribution in [1.29, 1.82) is 0 Å². The summed E-state index contributed by atoms with van der Waals surface area (Å²) < 4.78 is 0. The summed E-state index contributed by atoms with van der Waals surface area (Å²) in [6.45, 7) is 13.1. The lowest BCUT2D eigenvalue weighted by Gasteiger charge is -2.53. The van der Waals surface area contributed by atoms with E-state index in [0.29, 0.717) is 0 Å². The van der Waals surface area contributed by atoms with E-state index >= 15 is 0 Å². The molecule has 0 amide bonds. The third kappa shape index (κ3) is 2.05. The average Bonchev–Trinajstić information content (AvgIpc) is 1.84. The van der Waals surface area contributed by atoms with Gasteiger partial charge in [-0.1, -0.05) is 13.8 Å². The summed E-state index contributed by atoms with van der Waals surface area (Å²) in [7, 11) is 4.21. The van der Waals surface area contributed by atoms with Crippen molar-refractivity contribution in [2.45, 2.75) is 52.6 Å². The summed E-state index contributed by atoms with van der Waals surface area (Å²) in [5.41, 5.74) is 6.18. The van der Waals surface area contributed by atoms with Gasteiger partial charge < -0.3 is 10.6 Å². The molecule has 0 fully saturated rings. The molecule has 0 saturated heterocycles. The zero-order valence-electron chi connectivity index (χ0n) is 10.5. The van der Waals surface area contributed by atoms with E-state index in [1.165, 1.54) is 0 Å². The van der Waals surface area contributed by atoms with Crippen LogP contribution in [0.15, 0.2) is 0 Å². The van der Waals surface area contributed by atoms with Crippen LogP contribution < -0.4 is 5.73 Å². The van der Waals surface area contributed by atoms with Crippen LogP contribution >= 0.6 is 0 Å². The second-order valence-electron chi connectivity index (χ2n) is 5.80. The second-order valence-corrected chi connectivity index (χ2v) is 5.80. The summed E-state index contributed by atoms with van der Waals surface area (Å²) in [5, 5.41) is 0. The molecule has 0 aliphatic carbocycles. The van der Waals surface area contributed by atoms with Crippen LogP contribution in [0.2, 0.25) is 0 Å². The monoisotopic (exact) mass is 186 g/mol. The van der Waals surface area contributed by atoms with E-state index in [1.807, 2.05) is 0 Å². The van der Waals surface area contributed by atoms with Crippen molar-refractivity contribution in [3.05, 3.63) is 0 Å². The van der Waals surface area contributed by atoms with Crippen LogP contribution in [0.1, 0.15) is 41.5 Å². The number of rotatable bonds is 3. The molecule has 0 atom stereocenters. The Morgan fingerprint density at radius 2 is 1.15 bits per heavy atom. The molecule has 0 rings (SSSR count). The van der Waals surface area contributed by atoms with Gasteiger partial charge in [0.25, 0.3) is 0 Å². The van der Waals surface area contributed by atoms with Crippen molar-refractivity contribution in [2.24, 2.45) is 11.1 Å². The minimum atomic E-state index is -0.180. The Morgan fingerprint density at radius 3 is 1.23 bits per heavy atom. The molecule has 0 aromatic carbocycles. The topological polar surface area (TPSA) is 29.3 Å². The number of hydrogen-bond acceptors (Lipinski definition) is 2. The molecule has 0 aromatic heterocycles. The summed E-state index contributed by atoms with van der Waals surface area (Å²) in [6.07, 6.45) is 0. The highest BCUT2D eigenvalue weighted by Crippen LogP contribution is 2.41. The van der Waals surface area contributed by atoms with Crippen LogP contribution in [0.4, 0.5) is 0 Å². The molecule has 0 aromatic rings. The molecular formula is C11H26N2. The Morgan fingerprint density at radius 1 is 0.846 bits per heavy atom. The minimum absolute atomic E-state index is 0.0590. The van der Waals surface area contributed by atoms with Gasteiger partial charge in [0, 0.05) is 11.1 Å². The summed E-state index contributed by atoms with van der Waals surface area (Å²) >= 11 is 0. The fourth-order valence-corrected chi connectivity index (χ4v) is 1.35. The third-order valence-corrected chi connectivity index (χ3v) is 4.26. The molecule has 0 unspecified atom stereocenters. The second kappa shape index (κ2) is 3.25. The van der Waals surface area contributed by atoms with E-state index in [1.54, 1.807) is 0 Å². The average molecular weight is 186 g/mol. The Hall–Kier alpha value is -0.0800. The van der Waals surface area contributed by atoms with E-state index < -0.39 is 0 Å². The Kier molecular flexibility index (Phi) is 3.23. The van der Waals surface area contributed by atoms with E-state index in [9.17, 15) is 0 Å². The van der Waals surface area contributed by atoms with Gasteiger partial charge in [0.15, 0.2) is 0 Å². The van der Waals surface area contributed by atoms with Gasteiger partial charge in [-0.2, -0.15) is 0 Å². The van der Waals surface area contributed by atoms with Crippen LogP contribution in [0.25, 0.3) is 0 Å². The molecule has 2 heteroatoms. The molecular weight excluding hydrogens is 160 g/mol. The third-order valence-electron chi connectivity index (χ3n) is 4.26. The molecule has 0 spiro atoms. The fourth-order valence-electron chi connectivity index (χ4n) is 1.35. The first kappa shape index (κ1) is 12.9. The molecule has 0 aliphatic heterocycles. The normalized spacial score (nSPS) is 15.2. The first-order valence-corrected chi connectivity index (χ1v) is 4.91. The lowest BCUT2D eigenvalue weighted by molar-refractivity contribution is 0.000247. The van der Waals surface area contributed by atoms with Crippen molar-refractivity contribution in [3.8, 4) is 0 Å². The fraction of sp³-hybridized carbons (Fsp3) is 1.00. The highest BCUT2D eigenvalue weighted by atomic mass is 15.2. The quantitative estimate of drug-likeness (QED) is 0.731. The van der Waals surface area contributed by atoms with Gasteiger partial charge >= 0.3 is 0 Å². The lowest BCUT2D eigenvalue weighted by atomic mass is 9.63. The van der Waals surface area contributed by atoms with Crippen molar-refractivity contribution in [2.75, 3.05) is 14.1 Å². The summed E-state index contributed by atoms with van der Waals surface area (Å²) in [5.74, 6) is 0. The van der Waals surface area contributed by atoms with Crippen LogP contribution in [-0.4, -0.2) is 30.1 Å². The van der Waals surface area contributed by atoms with Crippen LogP contribution in [0.3, 0.4) is 0 Å². The molecule has 13 heavy (non-hydrogen) atoms. The van der Waals surface area contributed by atoms with Gasteiger partial charge in [-0.25, -0.2) is 0 Å². The van der Waals surface area contributed by atoms with Gasteiger partial charge in [0.05, 0.1) is 0 Å². The molecule has 0 radical (unpaired) electrons. The molecule has 0 bridgehead atoms. The number of nitrogens with two attached hydrogens (primary N) is 1. The van der Waals surface area contributed by atoms with Crippen molar-refractivity contribution >= 4 is 0 Å². The Bertz CT molecular complexity index is 173. The van der Waals surface area contributed by atoms with E-state index in [0.717, 1.165) is 0 Å². The number of hydrogen-bond donors (Lipinski definition) is 1. The summed E-state index contributed by atoms with van der Waals surface area (Å²) in [4.78, 5) is 2.24. The smallest absolute Gasteiger partial charge is 0.0215 e. The predicted molar refractivity (Wildman–Crippen MR) is 59.8 cm³/mol. The maximum atomic E-state index is 6.21. The van der Waals surface area contributed by atoms with Gasteiger partial charge in [-0.3, -0.25) is 0 Å².